The molecule has 128 valence electrons. The van der Waals surface area contributed by atoms with E-state index in [1.165, 1.54) is 13.0 Å². The van der Waals surface area contributed by atoms with Crippen molar-refractivity contribution in [1.29, 1.82) is 0 Å². The van der Waals surface area contributed by atoms with Gasteiger partial charge >= 0.3 is 0 Å². The van der Waals surface area contributed by atoms with Crippen molar-refractivity contribution in [2.24, 2.45) is 0 Å². The van der Waals surface area contributed by atoms with Crippen LogP contribution < -0.4 is 20.1 Å². The number of nitrogens with one attached hydrogen (secondary N) is 2. The zero-order valence-corrected chi connectivity index (χ0v) is 13.7. The summed E-state index contributed by atoms with van der Waals surface area (Å²) in [7, 11) is 0. The Morgan fingerprint density at radius 1 is 0.960 bits per heavy atom. The minimum atomic E-state index is -0.269. The van der Waals surface area contributed by atoms with Crippen molar-refractivity contribution < 1.29 is 19.1 Å². The Bertz CT molecular complexity index is 830. The number of amides is 2. The highest BCUT2D eigenvalue weighted by Gasteiger charge is 2.10. The van der Waals surface area contributed by atoms with Crippen LogP contribution in [0.5, 0.6) is 11.5 Å². The Labute approximate surface area is 145 Å². The molecule has 6 nitrogen and oxygen atoms in total. The SMILES string of the molecule is CC(=O)Nc1cccc(NC(=O)/C=C/c2ccc3c(c2)OCCO3)c1. The second kappa shape index (κ2) is 7.53. The van der Waals surface area contributed by atoms with E-state index in [9.17, 15) is 9.59 Å². The van der Waals surface area contributed by atoms with Crippen LogP contribution in [0.3, 0.4) is 0 Å². The van der Waals surface area contributed by atoms with Crippen LogP contribution in [0.25, 0.3) is 6.08 Å². The van der Waals surface area contributed by atoms with Gasteiger partial charge < -0.3 is 20.1 Å². The minimum Gasteiger partial charge on any atom is -0.486 e. The number of carbonyl (C=O) groups is 2. The van der Waals surface area contributed by atoms with Crippen molar-refractivity contribution >= 4 is 29.3 Å². The first-order chi connectivity index (χ1) is 12.1. The summed E-state index contributed by atoms with van der Waals surface area (Å²) in [4.78, 5) is 23.1. The Morgan fingerprint density at radius 3 is 2.44 bits per heavy atom. The molecule has 0 radical (unpaired) electrons. The Hall–Kier alpha value is -3.28. The zero-order chi connectivity index (χ0) is 17.6. The Morgan fingerprint density at radius 2 is 1.68 bits per heavy atom. The summed E-state index contributed by atoms with van der Waals surface area (Å²) in [5, 5.41) is 5.43. The lowest BCUT2D eigenvalue weighted by Crippen LogP contribution is -2.15. The molecule has 1 aliphatic rings. The average molecular weight is 338 g/mol. The van der Waals surface area contributed by atoms with Gasteiger partial charge in [0.15, 0.2) is 11.5 Å². The topological polar surface area (TPSA) is 76.7 Å². The molecule has 0 saturated carbocycles. The van der Waals surface area contributed by atoms with E-state index in [1.54, 1.807) is 30.3 Å². The molecular formula is C19H18N2O4. The van der Waals surface area contributed by atoms with Crippen LogP contribution in [-0.4, -0.2) is 25.0 Å². The van der Waals surface area contributed by atoms with Gasteiger partial charge in [0, 0.05) is 24.4 Å². The monoisotopic (exact) mass is 338 g/mol. The van der Waals surface area contributed by atoms with Gasteiger partial charge in [0.1, 0.15) is 13.2 Å². The molecule has 2 aromatic rings. The lowest BCUT2D eigenvalue weighted by atomic mass is 10.2. The lowest BCUT2D eigenvalue weighted by Gasteiger charge is -2.18. The van der Waals surface area contributed by atoms with Crippen molar-refractivity contribution in [1.82, 2.24) is 0 Å². The second-order valence-electron chi connectivity index (χ2n) is 5.49. The van der Waals surface area contributed by atoms with Crippen molar-refractivity contribution in [2.75, 3.05) is 23.8 Å². The van der Waals surface area contributed by atoms with Crippen molar-refractivity contribution in [2.45, 2.75) is 6.92 Å². The third-order valence-corrected chi connectivity index (χ3v) is 3.44. The third-order valence-electron chi connectivity index (χ3n) is 3.44. The molecule has 2 N–H and O–H groups in total. The van der Waals surface area contributed by atoms with Gasteiger partial charge in [-0.1, -0.05) is 12.1 Å². The smallest absolute Gasteiger partial charge is 0.248 e. The van der Waals surface area contributed by atoms with Crippen LogP contribution >= 0.6 is 0 Å². The first-order valence-electron chi connectivity index (χ1n) is 7.86. The van der Waals surface area contributed by atoms with E-state index in [1.807, 2.05) is 18.2 Å². The van der Waals surface area contributed by atoms with Crippen LogP contribution in [0.4, 0.5) is 11.4 Å². The molecule has 0 unspecified atom stereocenters. The molecule has 0 fully saturated rings. The number of rotatable bonds is 4. The number of hydrogen-bond donors (Lipinski definition) is 2. The quantitative estimate of drug-likeness (QED) is 0.840. The molecule has 0 aliphatic carbocycles. The number of anilines is 2. The van der Waals surface area contributed by atoms with E-state index in [0.717, 1.165) is 5.56 Å². The van der Waals surface area contributed by atoms with Crippen molar-refractivity contribution in [3.05, 3.63) is 54.1 Å². The third kappa shape index (κ3) is 4.60. The molecular weight excluding hydrogens is 320 g/mol. The highest BCUT2D eigenvalue weighted by atomic mass is 16.6. The second-order valence-corrected chi connectivity index (χ2v) is 5.49. The maximum atomic E-state index is 12.1. The van der Waals surface area contributed by atoms with E-state index in [4.69, 9.17) is 9.47 Å². The normalized spacial score (nSPS) is 12.7. The summed E-state index contributed by atoms with van der Waals surface area (Å²) in [6, 6.07) is 12.5. The van der Waals surface area contributed by atoms with Crippen LogP contribution in [0.15, 0.2) is 48.5 Å². The van der Waals surface area contributed by atoms with Gasteiger partial charge in [0.25, 0.3) is 0 Å². The van der Waals surface area contributed by atoms with E-state index in [0.29, 0.717) is 36.1 Å². The summed E-state index contributed by atoms with van der Waals surface area (Å²) in [6.45, 7) is 2.49. The van der Waals surface area contributed by atoms with Gasteiger partial charge in [0.2, 0.25) is 11.8 Å². The summed E-state index contributed by atoms with van der Waals surface area (Å²) in [6.07, 6.45) is 3.14. The fraction of sp³-hybridized carbons (Fsp3) is 0.158. The van der Waals surface area contributed by atoms with E-state index < -0.39 is 0 Å². The highest BCUT2D eigenvalue weighted by molar-refractivity contribution is 6.02. The molecule has 2 amide bonds. The molecule has 6 heteroatoms. The van der Waals surface area contributed by atoms with Crippen LogP contribution in [0.1, 0.15) is 12.5 Å². The maximum absolute atomic E-state index is 12.1. The summed E-state index contributed by atoms with van der Waals surface area (Å²) in [5.41, 5.74) is 2.07. The van der Waals surface area contributed by atoms with E-state index >= 15 is 0 Å². The van der Waals surface area contributed by atoms with Crippen LogP contribution in [-0.2, 0) is 9.59 Å². The molecule has 0 aromatic heterocycles. The fourth-order valence-corrected chi connectivity index (χ4v) is 2.40. The highest BCUT2D eigenvalue weighted by Crippen LogP contribution is 2.31. The number of benzene rings is 2. The first kappa shape index (κ1) is 16.6. The van der Waals surface area contributed by atoms with E-state index in [2.05, 4.69) is 10.6 Å². The predicted octanol–water partition coefficient (Wildman–Crippen LogP) is 3.07. The molecule has 0 spiro atoms. The predicted molar refractivity (Wildman–Crippen MR) is 95.8 cm³/mol. The van der Waals surface area contributed by atoms with Gasteiger partial charge in [-0.2, -0.15) is 0 Å². The fourth-order valence-electron chi connectivity index (χ4n) is 2.40. The van der Waals surface area contributed by atoms with Gasteiger partial charge in [-0.15, -0.1) is 0 Å². The summed E-state index contributed by atoms with van der Waals surface area (Å²) >= 11 is 0. The average Bonchev–Trinajstić information content (AvgIpc) is 2.59. The summed E-state index contributed by atoms with van der Waals surface area (Å²) in [5.74, 6) is 0.955. The largest absolute Gasteiger partial charge is 0.486 e. The lowest BCUT2D eigenvalue weighted by molar-refractivity contribution is -0.114. The van der Waals surface area contributed by atoms with Gasteiger partial charge in [-0.3, -0.25) is 9.59 Å². The number of hydrogen-bond acceptors (Lipinski definition) is 4. The molecule has 0 bridgehead atoms. The molecule has 1 heterocycles. The van der Waals surface area contributed by atoms with Gasteiger partial charge in [-0.05, 0) is 42.0 Å². The van der Waals surface area contributed by atoms with Crippen LogP contribution in [0, 0.1) is 0 Å². The minimum absolute atomic E-state index is 0.165. The number of fused-ring (bicyclic) bond motifs is 1. The Balaban J connectivity index is 1.64. The maximum Gasteiger partial charge on any atom is 0.248 e. The molecule has 0 atom stereocenters. The molecule has 0 saturated heterocycles. The zero-order valence-electron chi connectivity index (χ0n) is 13.7. The Kier molecular flexibility index (Phi) is 4.99. The molecule has 1 aliphatic heterocycles. The van der Waals surface area contributed by atoms with Crippen molar-refractivity contribution in [3.8, 4) is 11.5 Å². The summed E-state index contributed by atoms with van der Waals surface area (Å²) < 4.78 is 11.0. The van der Waals surface area contributed by atoms with Crippen molar-refractivity contribution in [3.63, 3.8) is 0 Å². The van der Waals surface area contributed by atoms with Gasteiger partial charge in [-0.25, -0.2) is 0 Å². The number of ether oxygens (including phenoxy) is 2. The van der Waals surface area contributed by atoms with Crippen LogP contribution in [0.2, 0.25) is 0 Å². The molecule has 2 aromatic carbocycles. The van der Waals surface area contributed by atoms with Gasteiger partial charge in [0.05, 0.1) is 0 Å². The number of carbonyl (C=O) groups excluding carboxylic acids is 2. The van der Waals surface area contributed by atoms with E-state index in [-0.39, 0.29) is 11.8 Å². The first-order valence-corrected chi connectivity index (χ1v) is 7.86. The standard InChI is InChI=1S/C19H18N2O4/c1-13(22)20-15-3-2-4-16(12-15)21-19(23)8-6-14-5-7-17-18(11-14)25-10-9-24-17/h2-8,11-12H,9-10H2,1H3,(H,20,22)(H,21,23)/b8-6+. The molecule has 25 heavy (non-hydrogen) atoms. The molecule has 3 rings (SSSR count).